The monoisotopic (exact) mass is 367 g/mol. The van der Waals surface area contributed by atoms with E-state index in [1.165, 1.54) is 16.7 Å². The van der Waals surface area contributed by atoms with E-state index in [1.807, 2.05) is 12.3 Å². The van der Waals surface area contributed by atoms with Crippen molar-refractivity contribution in [3.63, 3.8) is 0 Å². The molecule has 0 spiro atoms. The Balaban J connectivity index is 2.19. The first-order valence-corrected chi connectivity index (χ1v) is 7.59. The second kappa shape index (κ2) is 5.98. The largest absolute Gasteiger partial charge is 0.261 e. The standard InChI is InChI=1S/C15H15Br2N/c1-10-4-3-7-18-15(10)9-14(17)12-5-6-13(16)11(2)8-12/h3-8,14H,9H2,1-2H3. The van der Waals surface area contributed by atoms with Crippen LogP contribution >= 0.6 is 31.9 Å². The maximum atomic E-state index is 4.44. The lowest BCUT2D eigenvalue weighted by Crippen LogP contribution is -2.00. The highest BCUT2D eigenvalue weighted by Crippen LogP contribution is 2.29. The summed E-state index contributed by atoms with van der Waals surface area (Å²) < 4.78 is 1.15. The summed E-state index contributed by atoms with van der Waals surface area (Å²) in [4.78, 5) is 4.75. The normalized spacial score (nSPS) is 12.4. The van der Waals surface area contributed by atoms with E-state index in [0.717, 1.165) is 16.6 Å². The minimum Gasteiger partial charge on any atom is -0.261 e. The van der Waals surface area contributed by atoms with E-state index >= 15 is 0 Å². The van der Waals surface area contributed by atoms with Gasteiger partial charge in [0.1, 0.15) is 0 Å². The molecule has 0 fully saturated rings. The van der Waals surface area contributed by atoms with E-state index in [1.54, 1.807) is 0 Å². The third-order valence-electron chi connectivity index (χ3n) is 3.03. The van der Waals surface area contributed by atoms with Crippen molar-refractivity contribution in [1.82, 2.24) is 4.98 Å². The van der Waals surface area contributed by atoms with Crippen LogP contribution in [0.4, 0.5) is 0 Å². The van der Waals surface area contributed by atoms with Gasteiger partial charge in [-0.1, -0.05) is 50.1 Å². The highest BCUT2D eigenvalue weighted by atomic mass is 79.9. The molecule has 0 saturated carbocycles. The zero-order chi connectivity index (χ0) is 13.1. The number of rotatable bonds is 3. The van der Waals surface area contributed by atoms with Crippen molar-refractivity contribution < 1.29 is 0 Å². The third kappa shape index (κ3) is 3.21. The first-order chi connectivity index (χ1) is 8.58. The Morgan fingerprint density at radius 3 is 2.61 bits per heavy atom. The van der Waals surface area contributed by atoms with Gasteiger partial charge in [0.2, 0.25) is 0 Å². The minimum absolute atomic E-state index is 0.304. The van der Waals surface area contributed by atoms with E-state index in [2.05, 4.69) is 75.0 Å². The summed E-state index contributed by atoms with van der Waals surface area (Å²) in [6.45, 7) is 4.22. The average molecular weight is 369 g/mol. The lowest BCUT2D eigenvalue weighted by molar-refractivity contribution is 0.890. The number of benzene rings is 1. The van der Waals surface area contributed by atoms with E-state index in [0.29, 0.717) is 4.83 Å². The Morgan fingerprint density at radius 2 is 1.94 bits per heavy atom. The van der Waals surface area contributed by atoms with Crippen LogP contribution in [0, 0.1) is 13.8 Å². The van der Waals surface area contributed by atoms with Crippen LogP contribution in [-0.4, -0.2) is 4.98 Å². The molecule has 94 valence electrons. The highest BCUT2D eigenvalue weighted by molar-refractivity contribution is 9.10. The molecule has 0 aliphatic rings. The topological polar surface area (TPSA) is 12.9 Å². The number of aromatic nitrogens is 1. The minimum atomic E-state index is 0.304. The van der Waals surface area contributed by atoms with E-state index in [-0.39, 0.29) is 0 Å². The number of hydrogen-bond donors (Lipinski definition) is 0. The number of aryl methyl sites for hydroxylation is 2. The van der Waals surface area contributed by atoms with Gasteiger partial charge in [-0.15, -0.1) is 0 Å². The van der Waals surface area contributed by atoms with Crippen LogP contribution in [0.1, 0.15) is 27.2 Å². The smallest absolute Gasteiger partial charge is 0.0450 e. The first kappa shape index (κ1) is 13.8. The highest BCUT2D eigenvalue weighted by Gasteiger charge is 2.11. The fourth-order valence-electron chi connectivity index (χ4n) is 1.88. The molecule has 2 aromatic rings. The number of alkyl halides is 1. The van der Waals surface area contributed by atoms with Crippen molar-refractivity contribution in [3.05, 3.63) is 63.4 Å². The molecular formula is C15H15Br2N. The van der Waals surface area contributed by atoms with Gasteiger partial charge in [-0.3, -0.25) is 4.98 Å². The number of pyridine rings is 1. The van der Waals surface area contributed by atoms with Crippen molar-refractivity contribution in [2.75, 3.05) is 0 Å². The molecule has 1 nitrogen and oxygen atoms in total. The molecule has 18 heavy (non-hydrogen) atoms. The van der Waals surface area contributed by atoms with Crippen molar-refractivity contribution >= 4 is 31.9 Å². The summed E-state index contributed by atoms with van der Waals surface area (Å²) in [7, 11) is 0. The Labute approximate surface area is 125 Å². The van der Waals surface area contributed by atoms with Crippen LogP contribution in [0.25, 0.3) is 0 Å². The molecule has 0 radical (unpaired) electrons. The van der Waals surface area contributed by atoms with Gasteiger partial charge in [-0.2, -0.15) is 0 Å². The van der Waals surface area contributed by atoms with Crippen molar-refractivity contribution in [2.24, 2.45) is 0 Å². The fourth-order valence-corrected chi connectivity index (χ4v) is 2.72. The molecule has 1 heterocycles. The van der Waals surface area contributed by atoms with E-state index in [9.17, 15) is 0 Å². The second-order valence-electron chi connectivity index (χ2n) is 4.45. The lowest BCUT2D eigenvalue weighted by Gasteiger charge is -2.12. The van der Waals surface area contributed by atoms with Gasteiger partial charge < -0.3 is 0 Å². The van der Waals surface area contributed by atoms with Crippen LogP contribution in [-0.2, 0) is 6.42 Å². The van der Waals surface area contributed by atoms with Crippen LogP contribution in [0.5, 0.6) is 0 Å². The Hall–Kier alpha value is -0.670. The zero-order valence-corrected chi connectivity index (χ0v) is 13.6. The molecular weight excluding hydrogens is 354 g/mol. The first-order valence-electron chi connectivity index (χ1n) is 5.88. The predicted octanol–water partition coefficient (Wildman–Crippen LogP) is 5.14. The molecule has 0 saturated heterocycles. The van der Waals surface area contributed by atoms with Gasteiger partial charge in [0.15, 0.2) is 0 Å². The fraction of sp³-hybridized carbons (Fsp3) is 0.267. The Bertz CT molecular complexity index is 552. The molecule has 0 aliphatic carbocycles. The van der Waals surface area contributed by atoms with Crippen LogP contribution in [0.15, 0.2) is 41.0 Å². The lowest BCUT2D eigenvalue weighted by atomic mass is 10.0. The quantitative estimate of drug-likeness (QED) is 0.683. The number of nitrogens with zero attached hydrogens (tertiary/aromatic N) is 1. The number of hydrogen-bond acceptors (Lipinski definition) is 1. The second-order valence-corrected chi connectivity index (χ2v) is 6.41. The molecule has 0 bridgehead atoms. The van der Waals surface area contributed by atoms with Crippen LogP contribution in [0.2, 0.25) is 0 Å². The van der Waals surface area contributed by atoms with Gasteiger partial charge in [-0.25, -0.2) is 0 Å². The zero-order valence-electron chi connectivity index (χ0n) is 10.5. The Kier molecular flexibility index (Phi) is 4.57. The predicted molar refractivity (Wildman–Crippen MR) is 83.2 cm³/mol. The molecule has 2 rings (SSSR count). The van der Waals surface area contributed by atoms with Crippen molar-refractivity contribution in [3.8, 4) is 0 Å². The van der Waals surface area contributed by atoms with Crippen molar-refractivity contribution in [2.45, 2.75) is 25.1 Å². The molecule has 3 heteroatoms. The van der Waals surface area contributed by atoms with Gasteiger partial charge in [0.25, 0.3) is 0 Å². The maximum absolute atomic E-state index is 4.44. The molecule has 0 N–H and O–H groups in total. The van der Waals surface area contributed by atoms with Crippen LogP contribution < -0.4 is 0 Å². The summed E-state index contributed by atoms with van der Waals surface area (Å²) in [5, 5.41) is 0. The van der Waals surface area contributed by atoms with Gasteiger partial charge in [-0.05, 0) is 42.7 Å². The van der Waals surface area contributed by atoms with Crippen LogP contribution in [0.3, 0.4) is 0 Å². The molecule has 1 aromatic heterocycles. The van der Waals surface area contributed by atoms with E-state index in [4.69, 9.17) is 0 Å². The summed E-state index contributed by atoms with van der Waals surface area (Å²) in [5.41, 5.74) is 4.95. The molecule has 1 atom stereocenters. The SMILES string of the molecule is Cc1cc(C(Br)Cc2ncccc2C)ccc1Br. The third-order valence-corrected chi connectivity index (χ3v) is 4.78. The van der Waals surface area contributed by atoms with Gasteiger partial charge >= 0.3 is 0 Å². The summed E-state index contributed by atoms with van der Waals surface area (Å²) in [5.74, 6) is 0. The molecule has 0 aliphatic heterocycles. The van der Waals surface area contributed by atoms with Crippen molar-refractivity contribution in [1.29, 1.82) is 0 Å². The average Bonchev–Trinajstić information content (AvgIpc) is 2.35. The molecule has 1 unspecified atom stereocenters. The summed E-state index contributed by atoms with van der Waals surface area (Å²) in [6.07, 6.45) is 2.77. The van der Waals surface area contributed by atoms with Gasteiger partial charge in [0, 0.05) is 27.6 Å². The van der Waals surface area contributed by atoms with Gasteiger partial charge in [0.05, 0.1) is 0 Å². The number of halogens is 2. The molecule has 0 amide bonds. The molecule has 1 aromatic carbocycles. The summed E-state index contributed by atoms with van der Waals surface area (Å²) >= 11 is 7.29. The summed E-state index contributed by atoms with van der Waals surface area (Å²) in [6, 6.07) is 10.5. The Morgan fingerprint density at radius 1 is 1.17 bits per heavy atom. The van der Waals surface area contributed by atoms with E-state index < -0.39 is 0 Å². The maximum Gasteiger partial charge on any atom is 0.0450 e.